The molecule has 2 aromatic heterocycles. The fourth-order valence-corrected chi connectivity index (χ4v) is 3.86. The summed E-state index contributed by atoms with van der Waals surface area (Å²) in [7, 11) is 0. The Morgan fingerprint density at radius 1 is 1.29 bits per heavy atom. The molecule has 1 aliphatic rings. The molecule has 0 saturated heterocycles. The van der Waals surface area contributed by atoms with Crippen LogP contribution < -0.4 is 16.8 Å². The highest BCUT2D eigenvalue weighted by Crippen LogP contribution is 2.33. The van der Waals surface area contributed by atoms with E-state index in [4.69, 9.17) is 11.5 Å². The topological polar surface area (TPSA) is 119 Å². The predicted octanol–water partition coefficient (Wildman–Crippen LogP) is 2.79. The third-order valence-corrected chi connectivity index (χ3v) is 5.53. The fourth-order valence-electron chi connectivity index (χ4n) is 3.86. The van der Waals surface area contributed by atoms with Crippen LogP contribution in [-0.4, -0.2) is 32.3 Å². The van der Waals surface area contributed by atoms with Crippen molar-refractivity contribution in [3.63, 3.8) is 0 Å². The fraction of sp³-hybridized carbons (Fsp3) is 0.333. The maximum atomic E-state index is 12.0. The Hall–Kier alpha value is -3.06. The molecule has 28 heavy (non-hydrogen) atoms. The van der Waals surface area contributed by atoms with Crippen molar-refractivity contribution in [2.75, 3.05) is 11.1 Å². The van der Waals surface area contributed by atoms with Crippen LogP contribution in [0.15, 0.2) is 42.7 Å². The van der Waals surface area contributed by atoms with Crippen LogP contribution in [0.3, 0.4) is 0 Å². The summed E-state index contributed by atoms with van der Waals surface area (Å²) in [5, 5.41) is 18.0. The normalized spacial score (nSPS) is 22.3. The number of benzene rings is 1. The first-order chi connectivity index (χ1) is 13.3. The number of nitrogens with two attached hydrogens (primary N) is 2. The first-order valence-corrected chi connectivity index (χ1v) is 9.48. The number of amides is 1. The molecule has 0 radical (unpaired) electrons. The molecule has 4 rings (SSSR count). The third kappa shape index (κ3) is 3.53. The third-order valence-electron chi connectivity index (χ3n) is 5.53. The average molecular weight is 379 g/mol. The Bertz CT molecular complexity index is 1030. The molecule has 0 aliphatic heterocycles. The van der Waals surface area contributed by atoms with Gasteiger partial charge in [0.15, 0.2) is 0 Å². The lowest BCUT2D eigenvalue weighted by Crippen LogP contribution is -2.36. The maximum Gasteiger partial charge on any atom is 0.252 e. The van der Waals surface area contributed by atoms with Crippen LogP contribution in [-0.2, 0) is 0 Å². The Kier molecular flexibility index (Phi) is 4.47. The van der Waals surface area contributed by atoms with Crippen LogP contribution in [0.2, 0.25) is 0 Å². The van der Waals surface area contributed by atoms with Gasteiger partial charge in [0, 0.05) is 23.5 Å². The summed E-state index contributed by atoms with van der Waals surface area (Å²) >= 11 is 0. The number of carbonyl (C=O) groups is 1. The lowest BCUT2D eigenvalue weighted by molar-refractivity contribution is 0.0196. The maximum absolute atomic E-state index is 12.0. The van der Waals surface area contributed by atoms with E-state index in [2.05, 4.69) is 10.4 Å². The minimum Gasteiger partial charge on any atom is -0.399 e. The SMILES string of the molecule is C[C@]1(O)CC[C@@H](Nc2c(C(N)=O)cnn3cc(-c4cccc(N)c4)cc23)CC1. The lowest BCUT2D eigenvalue weighted by Gasteiger charge is -2.34. The summed E-state index contributed by atoms with van der Waals surface area (Å²) in [6.07, 6.45) is 6.48. The number of anilines is 2. The van der Waals surface area contributed by atoms with Gasteiger partial charge in [-0.25, -0.2) is 4.52 Å². The Labute approximate surface area is 163 Å². The first kappa shape index (κ1) is 18.3. The quantitative estimate of drug-likeness (QED) is 0.520. The van der Waals surface area contributed by atoms with Gasteiger partial charge in [-0.2, -0.15) is 5.10 Å². The van der Waals surface area contributed by atoms with Gasteiger partial charge in [-0.15, -0.1) is 0 Å². The van der Waals surface area contributed by atoms with E-state index in [0.29, 0.717) is 29.8 Å². The number of fused-ring (bicyclic) bond motifs is 1. The van der Waals surface area contributed by atoms with E-state index in [9.17, 15) is 9.90 Å². The second kappa shape index (κ2) is 6.83. The van der Waals surface area contributed by atoms with Crippen molar-refractivity contribution in [1.29, 1.82) is 0 Å². The Balaban J connectivity index is 1.74. The number of aliphatic hydroxyl groups is 1. The van der Waals surface area contributed by atoms with E-state index in [1.54, 1.807) is 4.52 Å². The standard InChI is InChI=1S/C21H25N5O2/c1-21(28)7-5-16(6-8-21)25-19-17(20(23)27)11-24-26-12-14(10-18(19)26)13-3-2-4-15(22)9-13/h2-4,9-12,16,25,28H,5-8,22H2,1H3,(H2,23,27)/t16-,21+. The zero-order valence-electron chi connectivity index (χ0n) is 15.9. The van der Waals surface area contributed by atoms with Crippen LogP contribution >= 0.6 is 0 Å². The summed E-state index contributed by atoms with van der Waals surface area (Å²) in [5.41, 5.74) is 15.4. The number of aromatic nitrogens is 2. The lowest BCUT2D eigenvalue weighted by atomic mass is 9.83. The van der Waals surface area contributed by atoms with Crippen molar-refractivity contribution in [3.05, 3.63) is 48.3 Å². The van der Waals surface area contributed by atoms with Crippen molar-refractivity contribution in [3.8, 4) is 11.1 Å². The van der Waals surface area contributed by atoms with Gasteiger partial charge in [0.1, 0.15) is 0 Å². The van der Waals surface area contributed by atoms with Crippen molar-refractivity contribution in [2.24, 2.45) is 5.73 Å². The van der Waals surface area contributed by atoms with Crippen LogP contribution in [0, 0.1) is 0 Å². The predicted molar refractivity (Wildman–Crippen MR) is 110 cm³/mol. The number of nitrogens with zero attached hydrogens (tertiary/aromatic N) is 2. The molecular weight excluding hydrogens is 354 g/mol. The van der Waals surface area contributed by atoms with Gasteiger partial charge in [0.05, 0.1) is 28.6 Å². The largest absolute Gasteiger partial charge is 0.399 e. The number of carbonyl (C=O) groups excluding carboxylic acids is 1. The smallest absolute Gasteiger partial charge is 0.252 e. The van der Waals surface area contributed by atoms with Crippen molar-refractivity contribution < 1.29 is 9.90 Å². The zero-order valence-corrected chi connectivity index (χ0v) is 15.9. The second-order valence-electron chi connectivity index (χ2n) is 7.90. The Morgan fingerprint density at radius 3 is 2.71 bits per heavy atom. The van der Waals surface area contributed by atoms with Gasteiger partial charge in [-0.3, -0.25) is 4.79 Å². The molecule has 1 aliphatic carbocycles. The number of nitrogens with one attached hydrogen (secondary N) is 1. The van der Waals surface area contributed by atoms with Crippen molar-refractivity contribution in [2.45, 2.75) is 44.2 Å². The molecule has 1 aromatic carbocycles. The molecule has 3 aromatic rings. The molecule has 2 heterocycles. The monoisotopic (exact) mass is 379 g/mol. The van der Waals surface area contributed by atoms with Gasteiger partial charge in [0.25, 0.3) is 5.91 Å². The van der Waals surface area contributed by atoms with Crippen LogP contribution in [0.1, 0.15) is 43.0 Å². The van der Waals surface area contributed by atoms with E-state index >= 15 is 0 Å². The van der Waals surface area contributed by atoms with Crippen LogP contribution in [0.5, 0.6) is 0 Å². The molecule has 0 bridgehead atoms. The van der Waals surface area contributed by atoms with Gasteiger partial charge in [0.2, 0.25) is 0 Å². The summed E-state index contributed by atoms with van der Waals surface area (Å²) in [6.45, 7) is 1.87. The molecule has 6 N–H and O–H groups in total. The van der Waals surface area contributed by atoms with E-state index in [-0.39, 0.29) is 6.04 Å². The summed E-state index contributed by atoms with van der Waals surface area (Å²) in [6, 6.07) is 9.78. The molecular formula is C21H25N5O2. The molecule has 0 atom stereocenters. The highest BCUT2D eigenvalue weighted by atomic mass is 16.3. The molecule has 0 unspecified atom stereocenters. The highest BCUT2D eigenvalue weighted by molar-refractivity contribution is 6.02. The number of primary amides is 1. The highest BCUT2D eigenvalue weighted by Gasteiger charge is 2.29. The van der Waals surface area contributed by atoms with E-state index < -0.39 is 11.5 Å². The molecule has 7 nitrogen and oxygen atoms in total. The average Bonchev–Trinajstić information content (AvgIpc) is 3.08. The minimum atomic E-state index is -0.617. The van der Waals surface area contributed by atoms with E-state index in [1.807, 2.05) is 43.5 Å². The number of nitrogen functional groups attached to an aromatic ring is 1. The number of rotatable bonds is 4. The zero-order chi connectivity index (χ0) is 19.9. The van der Waals surface area contributed by atoms with Gasteiger partial charge < -0.3 is 21.9 Å². The molecule has 7 heteroatoms. The molecule has 0 spiro atoms. The summed E-state index contributed by atoms with van der Waals surface area (Å²) < 4.78 is 1.74. The van der Waals surface area contributed by atoms with Crippen LogP contribution in [0.25, 0.3) is 16.6 Å². The number of hydrogen-bond acceptors (Lipinski definition) is 5. The van der Waals surface area contributed by atoms with Gasteiger partial charge in [-0.05, 0) is 56.4 Å². The molecule has 146 valence electrons. The Morgan fingerprint density at radius 2 is 2.04 bits per heavy atom. The van der Waals surface area contributed by atoms with Crippen LogP contribution in [0.4, 0.5) is 11.4 Å². The summed E-state index contributed by atoms with van der Waals surface area (Å²) in [5.74, 6) is -0.521. The summed E-state index contributed by atoms with van der Waals surface area (Å²) in [4.78, 5) is 12.0. The molecule has 1 amide bonds. The van der Waals surface area contributed by atoms with Gasteiger partial charge >= 0.3 is 0 Å². The minimum absolute atomic E-state index is 0.162. The first-order valence-electron chi connectivity index (χ1n) is 9.48. The molecule has 1 fully saturated rings. The van der Waals surface area contributed by atoms with E-state index in [0.717, 1.165) is 29.5 Å². The van der Waals surface area contributed by atoms with Crippen molar-refractivity contribution >= 4 is 22.8 Å². The van der Waals surface area contributed by atoms with Crippen molar-refractivity contribution in [1.82, 2.24) is 9.61 Å². The van der Waals surface area contributed by atoms with Gasteiger partial charge in [-0.1, -0.05) is 12.1 Å². The van der Waals surface area contributed by atoms with E-state index in [1.165, 1.54) is 6.20 Å². The molecule has 1 saturated carbocycles. The second-order valence-corrected chi connectivity index (χ2v) is 7.90. The number of hydrogen-bond donors (Lipinski definition) is 4.